The molecule has 4 nitrogen and oxygen atoms in total. The number of halogens is 1. The number of aldehydes is 1. The molecule has 0 unspecified atom stereocenters. The van der Waals surface area contributed by atoms with Gasteiger partial charge >= 0.3 is 0 Å². The van der Waals surface area contributed by atoms with Gasteiger partial charge in [-0.25, -0.2) is 0 Å². The summed E-state index contributed by atoms with van der Waals surface area (Å²) in [5, 5.41) is 1.21. The van der Waals surface area contributed by atoms with Crippen LogP contribution in [-0.4, -0.2) is 31.2 Å². The van der Waals surface area contributed by atoms with E-state index in [0.717, 1.165) is 29.3 Å². The minimum Gasteiger partial charge on any atom is -0.491 e. The van der Waals surface area contributed by atoms with E-state index in [2.05, 4.69) is 0 Å². The van der Waals surface area contributed by atoms with E-state index in [4.69, 9.17) is 21.1 Å². The van der Waals surface area contributed by atoms with Gasteiger partial charge in [0.25, 0.3) is 0 Å². The molecule has 0 saturated carbocycles. The normalized spacial score (nSPS) is 10.9. The van der Waals surface area contributed by atoms with Crippen molar-refractivity contribution in [2.75, 3.05) is 20.3 Å². The van der Waals surface area contributed by atoms with Crippen molar-refractivity contribution in [2.24, 2.45) is 0 Å². The molecule has 0 aliphatic heterocycles. The molecular formula is C19H18ClNO3. The third-order valence-corrected chi connectivity index (χ3v) is 4.20. The Labute approximate surface area is 145 Å². The van der Waals surface area contributed by atoms with Gasteiger partial charge in [-0.05, 0) is 18.2 Å². The second-order valence-corrected chi connectivity index (χ2v) is 5.70. The molecule has 3 aromatic rings. The highest BCUT2D eigenvalue weighted by atomic mass is 35.5. The number of ether oxygens (including phenoxy) is 2. The standard InChI is InChI=1S/C19H18ClNO3/c1-23-11-6-12-24-18-10-5-4-9-17(18)21-16-8-3-2-7-14(16)15(13-22)19(21)20/h2-5,7-10,13H,6,11-12H2,1H3. The molecule has 0 fully saturated rings. The maximum atomic E-state index is 11.5. The van der Waals surface area contributed by atoms with Crippen molar-refractivity contribution in [1.29, 1.82) is 0 Å². The highest BCUT2D eigenvalue weighted by Gasteiger charge is 2.18. The van der Waals surface area contributed by atoms with E-state index in [1.807, 2.05) is 53.1 Å². The zero-order valence-corrected chi connectivity index (χ0v) is 14.1. The Hall–Kier alpha value is -2.30. The Bertz CT molecular complexity index is 857. The van der Waals surface area contributed by atoms with Crippen molar-refractivity contribution in [3.63, 3.8) is 0 Å². The predicted molar refractivity (Wildman–Crippen MR) is 95.7 cm³/mol. The number of carbonyl (C=O) groups excluding carboxylic acids is 1. The molecule has 0 N–H and O–H groups in total. The Balaban J connectivity index is 2.08. The SMILES string of the molecule is COCCCOc1ccccc1-n1c(Cl)c(C=O)c2ccccc21. The lowest BCUT2D eigenvalue weighted by Crippen LogP contribution is -2.05. The summed E-state index contributed by atoms with van der Waals surface area (Å²) < 4.78 is 12.8. The van der Waals surface area contributed by atoms with Crippen molar-refractivity contribution in [3.8, 4) is 11.4 Å². The molecule has 24 heavy (non-hydrogen) atoms. The van der Waals surface area contributed by atoms with Gasteiger partial charge in [0, 0.05) is 25.5 Å². The Kier molecular flexibility index (Phi) is 5.18. The maximum absolute atomic E-state index is 11.5. The van der Waals surface area contributed by atoms with Crippen LogP contribution in [0.15, 0.2) is 48.5 Å². The topological polar surface area (TPSA) is 40.5 Å². The number of fused-ring (bicyclic) bond motifs is 1. The lowest BCUT2D eigenvalue weighted by molar-refractivity contribution is 0.112. The fourth-order valence-corrected chi connectivity index (χ4v) is 3.06. The summed E-state index contributed by atoms with van der Waals surface area (Å²) in [5.74, 6) is 0.716. The molecule has 0 atom stereocenters. The number of nitrogens with zero attached hydrogens (tertiary/aromatic N) is 1. The number of carbonyl (C=O) groups is 1. The Morgan fingerprint density at radius 1 is 1.08 bits per heavy atom. The number of methoxy groups -OCH3 is 1. The lowest BCUT2D eigenvalue weighted by atomic mass is 10.2. The number of hydrogen-bond donors (Lipinski definition) is 0. The van der Waals surface area contributed by atoms with Crippen LogP contribution in [0.25, 0.3) is 16.6 Å². The number of aromatic nitrogens is 1. The average Bonchev–Trinajstić information content (AvgIpc) is 2.90. The second kappa shape index (κ2) is 7.51. The second-order valence-electron chi connectivity index (χ2n) is 5.34. The van der Waals surface area contributed by atoms with Crippen molar-refractivity contribution < 1.29 is 14.3 Å². The molecule has 0 amide bonds. The summed E-state index contributed by atoms with van der Waals surface area (Å²) in [6.45, 7) is 1.19. The van der Waals surface area contributed by atoms with Crippen molar-refractivity contribution in [2.45, 2.75) is 6.42 Å². The van der Waals surface area contributed by atoms with Crippen LogP contribution >= 0.6 is 11.6 Å². The van der Waals surface area contributed by atoms with Gasteiger partial charge in [-0.1, -0.05) is 41.9 Å². The van der Waals surface area contributed by atoms with E-state index >= 15 is 0 Å². The van der Waals surface area contributed by atoms with Crippen LogP contribution in [0.1, 0.15) is 16.8 Å². The van der Waals surface area contributed by atoms with Gasteiger partial charge in [0.1, 0.15) is 10.9 Å². The number of hydrogen-bond acceptors (Lipinski definition) is 3. The fourth-order valence-electron chi connectivity index (χ4n) is 2.73. The van der Waals surface area contributed by atoms with Crippen LogP contribution in [0.3, 0.4) is 0 Å². The monoisotopic (exact) mass is 343 g/mol. The molecule has 0 bridgehead atoms. The highest BCUT2D eigenvalue weighted by Crippen LogP contribution is 2.35. The Morgan fingerprint density at radius 2 is 1.83 bits per heavy atom. The minimum absolute atomic E-state index is 0.388. The van der Waals surface area contributed by atoms with Gasteiger partial charge in [-0.15, -0.1) is 0 Å². The first kappa shape index (κ1) is 16.6. The molecule has 1 aromatic heterocycles. The summed E-state index contributed by atoms with van der Waals surface area (Å²) in [6, 6.07) is 15.3. The van der Waals surface area contributed by atoms with Crippen molar-refractivity contribution in [1.82, 2.24) is 4.57 Å². The fraction of sp³-hybridized carbons (Fsp3) is 0.211. The van der Waals surface area contributed by atoms with E-state index in [1.165, 1.54) is 0 Å². The van der Waals surface area contributed by atoms with Gasteiger partial charge in [0.2, 0.25) is 0 Å². The molecule has 0 aliphatic rings. The van der Waals surface area contributed by atoms with Gasteiger partial charge < -0.3 is 9.47 Å². The quantitative estimate of drug-likeness (QED) is 0.468. The molecule has 5 heteroatoms. The lowest BCUT2D eigenvalue weighted by Gasteiger charge is -2.14. The largest absolute Gasteiger partial charge is 0.491 e. The number of rotatable bonds is 7. The highest BCUT2D eigenvalue weighted by molar-refractivity contribution is 6.34. The van der Waals surface area contributed by atoms with Gasteiger partial charge in [0.05, 0.1) is 23.4 Å². The molecule has 2 aromatic carbocycles. The summed E-state index contributed by atoms with van der Waals surface area (Å²) in [7, 11) is 1.67. The summed E-state index contributed by atoms with van der Waals surface area (Å²) >= 11 is 6.50. The van der Waals surface area contributed by atoms with Gasteiger partial charge in [0.15, 0.2) is 6.29 Å². The predicted octanol–water partition coefficient (Wildman–Crippen LogP) is 4.51. The van der Waals surface area contributed by atoms with Crippen LogP contribution in [0, 0.1) is 0 Å². The molecule has 124 valence electrons. The molecule has 0 spiro atoms. The summed E-state index contributed by atoms with van der Waals surface area (Å²) in [4.78, 5) is 11.5. The van der Waals surface area contributed by atoms with Crippen LogP contribution in [-0.2, 0) is 4.74 Å². The molecule has 3 rings (SSSR count). The van der Waals surface area contributed by atoms with Crippen molar-refractivity contribution >= 4 is 28.8 Å². The van der Waals surface area contributed by atoms with Crippen LogP contribution in [0.5, 0.6) is 5.75 Å². The number of para-hydroxylation sites is 3. The van der Waals surface area contributed by atoms with E-state index < -0.39 is 0 Å². The maximum Gasteiger partial charge on any atom is 0.153 e. The van der Waals surface area contributed by atoms with Gasteiger partial charge in [-0.2, -0.15) is 0 Å². The molecule has 0 radical (unpaired) electrons. The van der Waals surface area contributed by atoms with E-state index in [1.54, 1.807) is 7.11 Å². The van der Waals surface area contributed by atoms with Crippen LogP contribution in [0.4, 0.5) is 0 Å². The first-order valence-corrected chi connectivity index (χ1v) is 8.11. The molecule has 1 heterocycles. The zero-order valence-electron chi connectivity index (χ0n) is 13.4. The minimum atomic E-state index is 0.388. The number of benzene rings is 2. The van der Waals surface area contributed by atoms with Crippen LogP contribution in [0.2, 0.25) is 5.15 Å². The first-order chi connectivity index (χ1) is 11.8. The smallest absolute Gasteiger partial charge is 0.153 e. The average molecular weight is 344 g/mol. The van der Waals surface area contributed by atoms with E-state index in [-0.39, 0.29) is 0 Å². The summed E-state index contributed by atoms with van der Waals surface area (Å²) in [6.07, 6.45) is 1.59. The Morgan fingerprint density at radius 3 is 2.62 bits per heavy atom. The first-order valence-electron chi connectivity index (χ1n) is 7.73. The van der Waals surface area contributed by atoms with Gasteiger partial charge in [-0.3, -0.25) is 9.36 Å². The molecule has 0 aliphatic carbocycles. The third-order valence-electron chi connectivity index (χ3n) is 3.83. The van der Waals surface area contributed by atoms with Crippen LogP contribution < -0.4 is 4.74 Å². The van der Waals surface area contributed by atoms with Crippen molar-refractivity contribution in [3.05, 3.63) is 59.2 Å². The van der Waals surface area contributed by atoms with E-state index in [0.29, 0.717) is 29.7 Å². The van der Waals surface area contributed by atoms with E-state index in [9.17, 15) is 4.79 Å². The zero-order chi connectivity index (χ0) is 16.9. The molecular weight excluding hydrogens is 326 g/mol. The summed E-state index contributed by atoms with van der Waals surface area (Å²) in [5.41, 5.74) is 2.17. The third kappa shape index (κ3) is 3.03. The molecule has 0 saturated heterocycles.